The lowest BCUT2D eigenvalue weighted by Gasteiger charge is -2.19. The smallest absolute Gasteiger partial charge is 0.268 e. The molecule has 1 amide bonds. The summed E-state index contributed by atoms with van der Waals surface area (Å²) >= 11 is 3.51. The molecular formula is C21H26BrN7O2. The predicted molar refractivity (Wildman–Crippen MR) is 123 cm³/mol. The van der Waals surface area contributed by atoms with Crippen molar-refractivity contribution < 1.29 is 4.79 Å². The first-order valence-electron chi connectivity index (χ1n) is 9.79. The normalized spacial score (nSPS) is 11.7. The van der Waals surface area contributed by atoms with E-state index in [1.54, 1.807) is 19.1 Å². The number of rotatable bonds is 6. The van der Waals surface area contributed by atoms with Gasteiger partial charge in [0.15, 0.2) is 0 Å². The minimum atomic E-state index is -0.365. The number of nitrogens with two attached hydrogens (primary N) is 2. The van der Waals surface area contributed by atoms with Crippen molar-refractivity contribution in [1.29, 1.82) is 0 Å². The Hall–Kier alpha value is -2.98. The van der Waals surface area contributed by atoms with E-state index in [2.05, 4.69) is 49.7 Å². The van der Waals surface area contributed by atoms with Crippen molar-refractivity contribution in [3.63, 3.8) is 0 Å². The van der Waals surface area contributed by atoms with Crippen LogP contribution in [0.1, 0.15) is 52.6 Å². The molecule has 0 spiro atoms. The molecule has 5 N–H and O–H groups in total. The Bertz CT molecular complexity index is 1230. The molecule has 0 saturated carbocycles. The van der Waals surface area contributed by atoms with Gasteiger partial charge in [-0.15, -0.1) is 0 Å². The van der Waals surface area contributed by atoms with Crippen LogP contribution in [0.15, 0.2) is 44.0 Å². The summed E-state index contributed by atoms with van der Waals surface area (Å²) in [7, 11) is 0. The van der Waals surface area contributed by atoms with Gasteiger partial charge in [0.25, 0.3) is 11.5 Å². The molecule has 2 aromatic heterocycles. The molecule has 2 heterocycles. The lowest BCUT2D eigenvalue weighted by molar-refractivity contribution is 0.0744. The molecule has 0 unspecified atom stereocenters. The summed E-state index contributed by atoms with van der Waals surface area (Å²) in [5.41, 5.74) is 3.79. The van der Waals surface area contributed by atoms with Crippen LogP contribution in [-0.2, 0) is 13.1 Å². The van der Waals surface area contributed by atoms with Crippen LogP contribution in [0.4, 0.5) is 0 Å². The molecule has 0 saturated heterocycles. The minimum absolute atomic E-state index is 0.0311. The van der Waals surface area contributed by atoms with Crippen molar-refractivity contribution in [2.75, 3.05) is 0 Å². The predicted octanol–water partition coefficient (Wildman–Crippen LogP) is 3.63. The largest absolute Gasteiger partial charge is 0.345 e. The molecule has 0 aliphatic heterocycles. The van der Waals surface area contributed by atoms with E-state index in [9.17, 15) is 9.59 Å². The molecule has 3 rings (SSSR count). The number of carbonyl (C=O) groups is 1. The fraction of sp³-hybridized carbons (Fsp3) is 0.333. The van der Waals surface area contributed by atoms with E-state index in [-0.39, 0.29) is 30.6 Å². The number of hydrogen-bond donors (Lipinski definition) is 3. The Labute approximate surface area is 188 Å². The number of H-pyrrole nitrogens is 1. The molecule has 31 heavy (non-hydrogen) atoms. The number of aromatic nitrogens is 2. The Morgan fingerprint density at radius 2 is 1.97 bits per heavy atom. The van der Waals surface area contributed by atoms with Crippen LogP contribution in [-0.4, -0.2) is 20.5 Å². The molecule has 10 heteroatoms. The summed E-state index contributed by atoms with van der Waals surface area (Å²) in [4.78, 5) is 28.6. The van der Waals surface area contributed by atoms with Crippen molar-refractivity contribution in [1.82, 2.24) is 14.6 Å². The molecule has 1 aromatic carbocycles. The van der Waals surface area contributed by atoms with Gasteiger partial charge in [-0.1, -0.05) is 21.2 Å². The van der Waals surface area contributed by atoms with Crippen molar-refractivity contribution in [3.8, 4) is 0 Å². The highest BCUT2D eigenvalue weighted by atomic mass is 79.9. The second-order valence-corrected chi connectivity index (χ2v) is 8.71. The summed E-state index contributed by atoms with van der Waals surface area (Å²) < 4.78 is 2.91. The average molecular weight is 488 g/mol. The van der Waals surface area contributed by atoms with E-state index in [4.69, 9.17) is 11.7 Å². The Morgan fingerprint density at radius 3 is 2.58 bits per heavy atom. The number of aromatic amines is 1. The van der Waals surface area contributed by atoms with Gasteiger partial charge in [-0.05, 0) is 57.0 Å². The lowest BCUT2D eigenvalue weighted by atomic mass is 10.1. The Morgan fingerprint density at radius 1 is 1.26 bits per heavy atom. The molecule has 0 aliphatic rings. The molecule has 9 nitrogen and oxygen atoms in total. The SMILES string of the molecule is Cc1cc(CN=NN)[nH]c(=O)c1CN(N)C(=O)c1cc(Br)cc2c1c(C)cn2C(C)C. The van der Waals surface area contributed by atoms with Crippen LogP contribution in [0.25, 0.3) is 10.9 Å². The first-order chi connectivity index (χ1) is 14.6. The number of amides is 1. The Balaban J connectivity index is 1.98. The van der Waals surface area contributed by atoms with Gasteiger partial charge >= 0.3 is 0 Å². The number of halogens is 1. The van der Waals surface area contributed by atoms with Gasteiger partial charge in [-0.2, -0.15) is 5.11 Å². The number of benzene rings is 1. The van der Waals surface area contributed by atoms with E-state index in [0.29, 0.717) is 22.4 Å². The maximum absolute atomic E-state index is 13.3. The van der Waals surface area contributed by atoms with Gasteiger partial charge in [0.2, 0.25) is 0 Å². The number of fused-ring (bicyclic) bond motifs is 1. The highest BCUT2D eigenvalue weighted by Gasteiger charge is 2.22. The zero-order valence-electron chi connectivity index (χ0n) is 17.9. The Kier molecular flexibility index (Phi) is 6.61. The number of hydrazine groups is 1. The fourth-order valence-corrected chi connectivity index (χ4v) is 4.18. The number of nitrogens with zero attached hydrogens (tertiary/aromatic N) is 4. The number of hydrogen-bond acceptors (Lipinski definition) is 5. The third-order valence-corrected chi connectivity index (χ3v) is 5.66. The van der Waals surface area contributed by atoms with Crippen molar-refractivity contribution in [3.05, 3.63) is 67.2 Å². The highest BCUT2D eigenvalue weighted by molar-refractivity contribution is 9.10. The topological polar surface area (TPSA) is 135 Å². The van der Waals surface area contributed by atoms with Crippen LogP contribution in [0.3, 0.4) is 0 Å². The van der Waals surface area contributed by atoms with Gasteiger partial charge in [-0.3, -0.25) is 14.6 Å². The van der Waals surface area contributed by atoms with Crippen LogP contribution in [0, 0.1) is 13.8 Å². The second kappa shape index (κ2) is 9.03. The summed E-state index contributed by atoms with van der Waals surface area (Å²) in [5.74, 6) is 10.8. The van der Waals surface area contributed by atoms with Gasteiger partial charge < -0.3 is 15.4 Å². The van der Waals surface area contributed by atoms with E-state index in [1.165, 1.54) is 0 Å². The summed E-state index contributed by atoms with van der Waals surface area (Å²) in [5, 5.41) is 8.80. The number of pyridine rings is 1. The summed E-state index contributed by atoms with van der Waals surface area (Å²) in [6.45, 7) is 8.07. The van der Waals surface area contributed by atoms with Gasteiger partial charge in [0, 0.05) is 33.4 Å². The van der Waals surface area contributed by atoms with Gasteiger partial charge in [0.05, 0.1) is 17.6 Å². The lowest BCUT2D eigenvalue weighted by Crippen LogP contribution is -2.39. The van der Waals surface area contributed by atoms with Gasteiger partial charge in [0.1, 0.15) is 6.54 Å². The van der Waals surface area contributed by atoms with Crippen LogP contribution in [0.5, 0.6) is 0 Å². The standard InChI is InChI=1S/C21H26BrN7O2/c1-11(2)28-9-13(4)19-16(6-14(22)7-18(19)28)21(31)29(24)10-17-12(3)5-15(8-25-27-23)26-20(17)30/h5-7,9,11H,8,10,24H2,1-4H3,(H2,23,25)(H,26,30). The van der Waals surface area contributed by atoms with E-state index < -0.39 is 0 Å². The van der Waals surface area contributed by atoms with E-state index in [0.717, 1.165) is 25.9 Å². The van der Waals surface area contributed by atoms with Crippen molar-refractivity contribution in [2.45, 2.75) is 46.8 Å². The van der Waals surface area contributed by atoms with E-state index >= 15 is 0 Å². The van der Waals surface area contributed by atoms with Gasteiger partial charge in [-0.25, -0.2) is 5.84 Å². The molecular weight excluding hydrogens is 462 g/mol. The third kappa shape index (κ3) is 4.54. The molecule has 0 bridgehead atoms. The number of carbonyl (C=O) groups excluding carboxylic acids is 1. The second-order valence-electron chi connectivity index (χ2n) is 7.79. The quantitative estimate of drug-likeness (QED) is 0.211. The van der Waals surface area contributed by atoms with Crippen LogP contribution in [0.2, 0.25) is 0 Å². The summed E-state index contributed by atoms with van der Waals surface area (Å²) in [6, 6.07) is 5.77. The first-order valence-corrected chi connectivity index (χ1v) is 10.6. The average Bonchev–Trinajstić information content (AvgIpc) is 3.04. The number of nitrogens with one attached hydrogen (secondary N) is 1. The maximum atomic E-state index is 13.3. The third-order valence-electron chi connectivity index (χ3n) is 5.20. The molecule has 0 fully saturated rings. The minimum Gasteiger partial charge on any atom is -0.345 e. The first kappa shape index (κ1) is 22.7. The van der Waals surface area contributed by atoms with Crippen molar-refractivity contribution in [2.24, 2.45) is 22.0 Å². The van der Waals surface area contributed by atoms with E-state index in [1.807, 2.05) is 19.2 Å². The zero-order chi connectivity index (χ0) is 22.9. The maximum Gasteiger partial charge on any atom is 0.268 e. The number of aryl methyl sites for hydroxylation is 2. The fourth-order valence-electron chi connectivity index (χ4n) is 3.73. The molecule has 0 aliphatic carbocycles. The molecule has 0 atom stereocenters. The van der Waals surface area contributed by atoms with Crippen molar-refractivity contribution >= 4 is 32.7 Å². The summed E-state index contributed by atoms with van der Waals surface area (Å²) in [6.07, 6.45) is 2.03. The molecule has 164 valence electrons. The highest BCUT2D eigenvalue weighted by Crippen LogP contribution is 2.31. The van der Waals surface area contributed by atoms with Crippen LogP contribution >= 0.6 is 15.9 Å². The molecule has 0 radical (unpaired) electrons. The monoisotopic (exact) mass is 487 g/mol. The van der Waals surface area contributed by atoms with Crippen LogP contribution < -0.4 is 17.2 Å². The zero-order valence-corrected chi connectivity index (χ0v) is 19.5. The molecule has 3 aromatic rings.